The number of carbonyl (C=O) groups is 6. The summed E-state index contributed by atoms with van der Waals surface area (Å²) in [6.45, 7) is 7.23. The zero-order valence-corrected chi connectivity index (χ0v) is 48.5. The quantitative estimate of drug-likeness (QED) is 0.0633. The first-order valence-corrected chi connectivity index (χ1v) is 27.9. The van der Waals surface area contributed by atoms with Gasteiger partial charge in [-0.1, -0.05) is 47.5 Å². The molecular formula is C60H60F2N10O12S2. The SMILES string of the molecule is Cc1ccc(C(=O)OCC(=O)N2CCN(c3ccc(N4C[C@H](CN)OC4=O)cc3F)CC2)cc1.Cc1ccc(C(=O)OCC(=O)N2CCN(c3ccc(N4C[C@H](CN=C=S)OC4=O)cc3F)CC2)cc1.O=c1ccccn1C(=S)n1ccccc1=O. The smallest absolute Gasteiger partial charge is 0.414 e. The molecule has 4 amide bonds. The molecule has 4 aromatic carbocycles. The summed E-state index contributed by atoms with van der Waals surface area (Å²) in [6, 6.07) is 32.4. The highest BCUT2D eigenvalue weighted by Crippen LogP contribution is 2.30. The Bertz CT molecular complexity index is 3590. The Hall–Kier alpha value is -9.49. The fourth-order valence-electron chi connectivity index (χ4n) is 9.33. The molecule has 86 heavy (non-hydrogen) atoms. The van der Waals surface area contributed by atoms with Crippen LogP contribution in [0.5, 0.6) is 0 Å². The lowest BCUT2D eigenvalue weighted by Gasteiger charge is -2.36. The van der Waals surface area contributed by atoms with Crippen molar-refractivity contribution < 1.29 is 56.5 Å². The second-order valence-electron chi connectivity index (χ2n) is 19.9. The van der Waals surface area contributed by atoms with E-state index in [0.29, 0.717) is 86.2 Å². The molecule has 448 valence electrons. The number of hydrogen-bond acceptors (Lipinski definition) is 18. The number of piperazine rings is 2. The number of benzene rings is 4. The van der Waals surface area contributed by atoms with E-state index < -0.39 is 48.0 Å². The lowest BCUT2D eigenvalue weighted by atomic mass is 10.1. The van der Waals surface area contributed by atoms with E-state index in [4.69, 9.17) is 36.9 Å². The number of isothiocyanates is 1. The maximum atomic E-state index is 15.0. The number of amides is 4. The first-order valence-electron chi connectivity index (χ1n) is 27.1. The van der Waals surface area contributed by atoms with Crippen LogP contribution in [0.2, 0.25) is 0 Å². The number of ether oxygens (including phenoxy) is 4. The van der Waals surface area contributed by atoms with Gasteiger partial charge in [0.25, 0.3) is 22.9 Å². The number of hydrogen-bond donors (Lipinski definition) is 1. The van der Waals surface area contributed by atoms with E-state index >= 15 is 0 Å². The van der Waals surface area contributed by atoms with Crippen molar-refractivity contribution in [2.45, 2.75) is 26.1 Å². The molecule has 4 saturated heterocycles. The second-order valence-corrected chi connectivity index (χ2v) is 20.4. The van der Waals surface area contributed by atoms with Crippen molar-refractivity contribution in [2.24, 2.45) is 10.7 Å². The first-order chi connectivity index (χ1) is 41.4. The average molecular weight is 1220 g/mol. The number of aryl methyl sites for hydroxylation is 2. The third kappa shape index (κ3) is 16.0. The molecule has 0 saturated carbocycles. The van der Waals surface area contributed by atoms with Crippen LogP contribution in [0.1, 0.15) is 31.8 Å². The Morgan fingerprint density at radius 2 is 1.00 bits per heavy atom. The van der Waals surface area contributed by atoms with E-state index in [-0.39, 0.29) is 67.4 Å². The van der Waals surface area contributed by atoms with Crippen LogP contribution in [0.15, 0.2) is 148 Å². The number of rotatable bonds is 13. The van der Waals surface area contributed by atoms with E-state index in [1.807, 2.05) is 23.6 Å². The topological polar surface area (TPSA) is 241 Å². The molecule has 6 aromatic rings. The van der Waals surface area contributed by atoms with Crippen LogP contribution >= 0.6 is 24.4 Å². The van der Waals surface area contributed by atoms with E-state index in [2.05, 4.69) is 22.4 Å². The summed E-state index contributed by atoms with van der Waals surface area (Å²) in [5.74, 6) is -2.64. The lowest BCUT2D eigenvalue weighted by molar-refractivity contribution is -0.135. The fourth-order valence-corrected chi connectivity index (χ4v) is 9.70. The molecule has 4 aliphatic heterocycles. The van der Waals surface area contributed by atoms with E-state index in [0.717, 1.165) is 11.1 Å². The van der Waals surface area contributed by atoms with Crippen molar-refractivity contribution in [2.75, 3.05) is 111 Å². The maximum Gasteiger partial charge on any atom is 0.414 e. The monoisotopic (exact) mass is 1210 g/mol. The lowest BCUT2D eigenvalue weighted by Crippen LogP contribution is -2.50. The fraction of sp³-hybridized carbons (Fsp3) is 0.300. The van der Waals surface area contributed by atoms with Gasteiger partial charge in [0.2, 0.25) is 0 Å². The van der Waals surface area contributed by atoms with Gasteiger partial charge in [0, 0.05) is 83.4 Å². The minimum absolute atomic E-state index is 0.149. The van der Waals surface area contributed by atoms with Crippen LogP contribution in [-0.2, 0) is 28.5 Å². The van der Waals surface area contributed by atoms with Crippen LogP contribution in [0.3, 0.4) is 0 Å². The molecule has 22 nitrogen and oxygen atoms in total. The summed E-state index contributed by atoms with van der Waals surface area (Å²) < 4.78 is 53.0. The summed E-state index contributed by atoms with van der Waals surface area (Å²) in [7, 11) is 0. The minimum Gasteiger partial charge on any atom is -0.452 e. The third-order valence-corrected chi connectivity index (χ3v) is 14.6. The first kappa shape index (κ1) is 62.6. The van der Waals surface area contributed by atoms with Gasteiger partial charge in [-0.2, -0.15) is 0 Å². The van der Waals surface area contributed by atoms with E-state index in [1.165, 1.54) is 55.6 Å². The summed E-state index contributed by atoms with van der Waals surface area (Å²) in [5.41, 5.74) is 9.42. The molecule has 2 atom stereocenters. The van der Waals surface area contributed by atoms with Crippen molar-refractivity contribution >= 4 is 93.4 Å². The summed E-state index contributed by atoms with van der Waals surface area (Å²) >= 11 is 9.62. The predicted octanol–water partition coefficient (Wildman–Crippen LogP) is 5.68. The van der Waals surface area contributed by atoms with Crippen LogP contribution in [-0.4, -0.2) is 169 Å². The molecule has 2 N–H and O–H groups in total. The van der Waals surface area contributed by atoms with Crippen molar-refractivity contribution in [1.29, 1.82) is 0 Å². The predicted molar refractivity (Wildman–Crippen MR) is 322 cm³/mol. The molecule has 6 heterocycles. The van der Waals surface area contributed by atoms with E-state index in [1.54, 1.807) is 107 Å². The molecule has 0 spiro atoms. The molecular weight excluding hydrogens is 1150 g/mol. The number of thiocarbonyl (C=S) groups is 2. The molecule has 2 aromatic heterocycles. The van der Waals surface area contributed by atoms with Gasteiger partial charge in [0.1, 0.15) is 23.8 Å². The molecule has 4 fully saturated rings. The van der Waals surface area contributed by atoms with Crippen LogP contribution in [0, 0.1) is 25.5 Å². The minimum atomic E-state index is -0.568. The van der Waals surface area contributed by atoms with Crippen molar-refractivity contribution in [3.05, 3.63) is 188 Å². The standard InChI is InChI=1S/C25H25FN4O5S.C24H27FN4O5.C11H8N2O2S/c1-17-2-4-18(5-3-17)24(32)34-15-23(31)29-10-8-28(9-11-29)22-7-6-19(12-21(22)26)30-14-20(13-27-16-36)35-25(30)33;1-16-2-4-17(5-3-16)23(31)33-15-22(30)28-10-8-27(9-11-28)21-7-6-18(12-20(21)25)29-14-19(13-26)34-24(29)32;14-9-5-1-3-7-12(9)11(16)13-8-4-2-6-10(13)15/h2-7,12,20H,8-11,13-15H2,1H3;2-7,12,19H,8-11,13-15,26H2,1H3;1-8H/t20-;19-;/m00./s1. The Kier molecular flexibility index (Phi) is 21.3. The summed E-state index contributed by atoms with van der Waals surface area (Å²) in [6.07, 6.45) is 1.09. The van der Waals surface area contributed by atoms with Crippen LogP contribution in [0.25, 0.3) is 0 Å². The number of anilines is 4. The summed E-state index contributed by atoms with van der Waals surface area (Å²) in [5, 5.41) is 2.38. The Labute approximate surface area is 503 Å². The number of cyclic esters (lactones) is 2. The van der Waals surface area contributed by atoms with Crippen LogP contribution in [0.4, 0.5) is 41.1 Å². The van der Waals surface area contributed by atoms with Gasteiger partial charge in [-0.05, 0) is 111 Å². The van der Waals surface area contributed by atoms with Gasteiger partial charge in [0.05, 0.1) is 58.7 Å². The van der Waals surface area contributed by atoms with Gasteiger partial charge < -0.3 is 44.3 Å². The maximum absolute atomic E-state index is 15.0. The van der Waals surface area contributed by atoms with Gasteiger partial charge >= 0.3 is 24.1 Å². The molecule has 10 rings (SSSR count). The molecule has 26 heteroatoms. The number of nitrogens with two attached hydrogens (primary N) is 1. The largest absolute Gasteiger partial charge is 0.452 e. The normalized spacial score (nSPS) is 16.3. The highest BCUT2D eigenvalue weighted by molar-refractivity contribution is 7.80. The van der Waals surface area contributed by atoms with Crippen molar-refractivity contribution in [1.82, 2.24) is 18.9 Å². The zero-order valence-electron chi connectivity index (χ0n) is 46.8. The Balaban J connectivity index is 0.000000179. The number of aliphatic imine (C=N–C) groups is 1. The third-order valence-electron chi connectivity index (χ3n) is 14.1. The highest BCUT2D eigenvalue weighted by Gasteiger charge is 2.34. The molecule has 0 aliphatic carbocycles. The zero-order chi connectivity index (χ0) is 61.4. The Morgan fingerprint density at radius 3 is 1.37 bits per heavy atom. The number of aromatic nitrogens is 2. The van der Waals surface area contributed by atoms with Crippen molar-refractivity contribution in [3.8, 4) is 0 Å². The molecule has 4 aliphatic rings. The van der Waals surface area contributed by atoms with Gasteiger partial charge in [-0.3, -0.25) is 38.1 Å². The molecule has 0 bridgehead atoms. The Morgan fingerprint density at radius 1 is 0.593 bits per heavy atom. The van der Waals surface area contributed by atoms with E-state index in [9.17, 15) is 47.1 Å². The van der Waals surface area contributed by atoms with Crippen LogP contribution < -0.4 is 36.5 Å². The van der Waals surface area contributed by atoms with Gasteiger partial charge in [0.15, 0.2) is 18.3 Å². The molecule has 0 unspecified atom stereocenters. The van der Waals surface area contributed by atoms with Gasteiger partial charge in [-0.15, -0.1) is 0 Å². The average Bonchev–Trinajstić information content (AvgIpc) is 3.21. The summed E-state index contributed by atoms with van der Waals surface area (Å²) in [4.78, 5) is 110. The second kappa shape index (κ2) is 29.4. The van der Waals surface area contributed by atoms with Crippen molar-refractivity contribution in [3.63, 3.8) is 0 Å². The number of nitrogens with zero attached hydrogens (tertiary/aromatic N) is 9. The number of carbonyl (C=O) groups excluding carboxylic acids is 6. The number of halogens is 2. The highest BCUT2D eigenvalue weighted by atomic mass is 32.1. The van der Waals surface area contributed by atoms with Gasteiger partial charge in [-0.25, -0.2) is 33.0 Å². The number of esters is 2. The number of pyridine rings is 2. The molecule has 0 radical (unpaired) electrons.